The van der Waals surface area contributed by atoms with Crippen LogP contribution in [0.1, 0.15) is 20.8 Å². The van der Waals surface area contributed by atoms with Crippen LogP contribution in [0.3, 0.4) is 0 Å². The third-order valence-corrected chi connectivity index (χ3v) is 3.82. The molecule has 0 fully saturated rings. The van der Waals surface area contributed by atoms with Crippen LogP contribution in [0.5, 0.6) is 0 Å². The fourth-order valence-electron chi connectivity index (χ4n) is 1.89. The molecule has 0 aliphatic heterocycles. The molecule has 0 saturated carbocycles. The van der Waals surface area contributed by atoms with Crippen LogP contribution in [0.2, 0.25) is 0 Å². The highest BCUT2D eigenvalue weighted by molar-refractivity contribution is 7.22. The molecule has 1 atom stereocenters. The number of nitrogens with one attached hydrogen (secondary N) is 2. The third kappa shape index (κ3) is 3.75. The number of rotatable bonds is 4. The molecule has 1 aromatic heterocycles. The van der Waals surface area contributed by atoms with Crippen molar-refractivity contribution in [3.05, 3.63) is 24.0 Å². The number of benzene rings is 1. The first-order chi connectivity index (χ1) is 9.86. The summed E-state index contributed by atoms with van der Waals surface area (Å²) in [4.78, 5) is 27.6. The largest absolute Gasteiger partial charge is 0.344 e. The number of thiazole rings is 1. The number of nitrogens with zero attached hydrogens (tertiary/aromatic N) is 1. The second-order valence-corrected chi connectivity index (χ2v) is 6.07. The van der Waals surface area contributed by atoms with Crippen LogP contribution in [0.4, 0.5) is 9.52 Å². The molecule has 7 heteroatoms. The van der Waals surface area contributed by atoms with E-state index in [0.29, 0.717) is 15.3 Å². The molecule has 2 amide bonds. The van der Waals surface area contributed by atoms with E-state index in [1.165, 1.54) is 30.4 Å². The van der Waals surface area contributed by atoms with Crippen molar-refractivity contribution in [3.63, 3.8) is 0 Å². The van der Waals surface area contributed by atoms with Gasteiger partial charge in [0.05, 0.1) is 10.2 Å². The van der Waals surface area contributed by atoms with Crippen molar-refractivity contribution < 1.29 is 14.0 Å². The van der Waals surface area contributed by atoms with Crippen molar-refractivity contribution in [2.45, 2.75) is 26.8 Å². The molecule has 1 heterocycles. The molecule has 2 aromatic rings. The highest BCUT2D eigenvalue weighted by Gasteiger charge is 2.23. The van der Waals surface area contributed by atoms with E-state index in [2.05, 4.69) is 15.6 Å². The number of fused-ring (bicyclic) bond motifs is 1. The SMILES string of the molecule is CC(=O)N[C@H](C(=O)Nc1nc2ccc(F)cc2s1)C(C)C. The summed E-state index contributed by atoms with van der Waals surface area (Å²) in [5, 5.41) is 5.66. The number of hydrogen-bond acceptors (Lipinski definition) is 4. The van der Waals surface area contributed by atoms with Gasteiger partial charge in [-0.05, 0) is 24.1 Å². The Morgan fingerprint density at radius 3 is 2.67 bits per heavy atom. The predicted molar refractivity (Wildman–Crippen MR) is 80.7 cm³/mol. The summed E-state index contributed by atoms with van der Waals surface area (Å²) in [5.74, 6) is -1.00. The zero-order valence-corrected chi connectivity index (χ0v) is 12.8. The quantitative estimate of drug-likeness (QED) is 0.911. The van der Waals surface area contributed by atoms with Crippen LogP contribution in [-0.4, -0.2) is 22.8 Å². The molecule has 21 heavy (non-hydrogen) atoms. The van der Waals surface area contributed by atoms with Gasteiger partial charge < -0.3 is 10.6 Å². The van der Waals surface area contributed by atoms with E-state index < -0.39 is 6.04 Å². The topological polar surface area (TPSA) is 71.1 Å². The highest BCUT2D eigenvalue weighted by Crippen LogP contribution is 2.26. The normalized spacial score (nSPS) is 12.4. The lowest BCUT2D eigenvalue weighted by Gasteiger charge is -2.19. The molecular weight excluding hydrogens is 293 g/mol. The first-order valence-electron chi connectivity index (χ1n) is 6.51. The Morgan fingerprint density at radius 2 is 2.05 bits per heavy atom. The van der Waals surface area contributed by atoms with Gasteiger partial charge in [-0.25, -0.2) is 9.37 Å². The van der Waals surface area contributed by atoms with Crippen molar-refractivity contribution in [2.24, 2.45) is 5.92 Å². The van der Waals surface area contributed by atoms with Gasteiger partial charge in [0, 0.05) is 6.92 Å². The number of halogens is 1. The van der Waals surface area contributed by atoms with Gasteiger partial charge in [-0.2, -0.15) is 0 Å². The monoisotopic (exact) mass is 309 g/mol. The van der Waals surface area contributed by atoms with Gasteiger partial charge in [0.1, 0.15) is 11.9 Å². The van der Waals surface area contributed by atoms with Crippen LogP contribution in [0, 0.1) is 11.7 Å². The van der Waals surface area contributed by atoms with Crippen LogP contribution in [0.25, 0.3) is 10.2 Å². The van der Waals surface area contributed by atoms with Gasteiger partial charge in [-0.1, -0.05) is 25.2 Å². The lowest BCUT2D eigenvalue weighted by Crippen LogP contribution is -2.46. The van der Waals surface area contributed by atoms with E-state index in [0.717, 1.165) is 0 Å². The average molecular weight is 309 g/mol. The average Bonchev–Trinajstić information content (AvgIpc) is 2.76. The molecule has 0 aliphatic rings. The van der Waals surface area contributed by atoms with Crippen molar-refractivity contribution in [1.82, 2.24) is 10.3 Å². The molecular formula is C14H16FN3O2S. The molecule has 0 aliphatic carbocycles. The number of anilines is 1. The third-order valence-electron chi connectivity index (χ3n) is 2.89. The molecule has 2 rings (SSSR count). The van der Waals surface area contributed by atoms with Gasteiger partial charge >= 0.3 is 0 Å². The van der Waals surface area contributed by atoms with Gasteiger partial charge in [0.25, 0.3) is 0 Å². The Balaban J connectivity index is 2.17. The fraction of sp³-hybridized carbons (Fsp3) is 0.357. The summed E-state index contributed by atoms with van der Waals surface area (Å²) in [6, 6.07) is 3.62. The van der Waals surface area contributed by atoms with Crippen LogP contribution < -0.4 is 10.6 Å². The molecule has 0 spiro atoms. The van der Waals surface area contributed by atoms with Crippen LogP contribution in [-0.2, 0) is 9.59 Å². The second-order valence-electron chi connectivity index (χ2n) is 5.04. The molecule has 0 unspecified atom stereocenters. The van der Waals surface area contributed by atoms with E-state index in [1.54, 1.807) is 6.07 Å². The van der Waals surface area contributed by atoms with E-state index >= 15 is 0 Å². The molecule has 1 aromatic carbocycles. The smallest absolute Gasteiger partial charge is 0.248 e. The first kappa shape index (κ1) is 15.4. The molecule has 0 saturated heterocycles. The Morgan fingerprint density at radius 1 is 1.33 bits per heavy atom. The molecule has 2 N–H and O–H groups in total. The number of carbonyl (C=O) groups excluding carboxylic acids is 2. The summed E-state index contributed by atoms with van der Waals surface area (Å²) in [5.41, 5.74) is 0.623. The maximum atomic E-state index is 13.1. The Kier molecular flexibility index (Phi) is 4.52. The van der Waals surface area contributed by atoms with Crippen LogP contribution >= 0.6 is 11.3 Å². The summed E-state index contributed by atoms with van der Waals surface area (Å²) in [6.45, 7) is 5.05. The zero-order chi connectivity index (χ0) is 15.6. The minimum Gasteiger partial charge on any atom is -0.344 e. The van der Waals surface area contributed by atoms with Gasteiger partial charge in [0.2, 0.25) is 11.8 Å². The van der Waals surface area contributed by atoms with E-state index in [-0.39, 0.29) is 23.5 Å². The number of aromatic nitrogens is 1. The lowest BCUT2D eigenvalue weighted by molar-refractivity contribution is -0.126. The second kappa shape index (κ2) is 6.17. The predicted octanol–water partition coefficient (Wildman–Crippen LogP) is 2.53. The summed E-state index contributed by atoms with van der Waals surface area (Å²) in [6.07, 6.45) is 0. The van der Waals surface area contributed by atoms with E-state index in [4.69, 9.17) is 0 Å². The van der Waals surface area contributed by atoms with E-state index in [1.807, 2.05) is 13.8 Å². The summed E-state index contributed by atoms with van der Waals surface area (Å²) < 4.78 is 13.8. The maximum Gasteiger partial charge on any atom is 0.248 e. The van der Waals surface area contributed by atoms with Crippen LogP contribution in [0.15, 0.2) is 18.2 Å². The molecule has 112 valence electrons. The number of amides is 2. The van der Waals surface area contributed by atoms with Crippen molar-refractivity contribution in [2.75, 3.05) is 5.32 Å². The Hall–Kier alpha value is -2.02. The molecule has 0 radical (unpaired) electrons. The van der Waals surface area contributed by atoms with Crippen molar-refractivity contribution >= 4 is 38.5 Å². The number of hydrogen-bond donors (Lipinski definition) is 2. The van der Waals surface area contributed by atoms with Crippen molar-refractivity contribution in [3.8, 4) is 0 Å². The molecule has 5 nitrogen and oxygen atoms in total. The van der Waals surface area contributed by atoms with Gasteiger partial charge in [0.15, 0.2) is 5.13 Å². The summed E-state index contributed by atoms with van der Waals surface area (Å²) >= 11 is 1.19. The minimum atomic E-state index is -0.633. The Bertz CT molecular complexity index is 684. The lowest BCUT2D eigenvalue weighted by atomic mass is 10.0. The Labute approximate surface area is 125 Å². The fourth-order valence-corrected chi connectivity index (χ4v) is 2.78. The van der Waals surface area contributed by atoms with E-state index in [9.17, 15) is 14.0 Å². The first-order valence-corrected chi connectivity index (χ1v) is 7.32. The molecule has 0 bridgehead atoms. The minimum absolute atomic E-state index is 0.0549. The standard InChI is InChI=1S/C14H16FN3O2S/c1-7(2)12(16-8(3)19)13(20)18-14-17-10-5-4-9(15)6-11(10)21-14/h4-7,12H,1-3H3,(H,16,19)(H,17,18,20)/t12-/m0/s1. The van der Waals surface area contributed by atoms with Crippen molar-refractivity contribution in [1.29, 1.82) is 0 Å². The number of carbonyl (C=O) groups is 2. The van der Waals surface area contributed by atoms with Gasteiger partial charge in [-0.15, -0.1) is 0 Å². The van der Waals surface area contributed by atoms with Gasteiger partial charge in [-0.3, -0.25) is 9.59 Å². The summed E-state index contributed by atoms with van der Waals surface area (Å²) in [7, 11) is 0. The zero-order valence-electron chi connectivity index (χ0n) is 11.9. The maximum absolute atomic E-state index is 13.1. The highest BCUT2D eigenvalue weighted by atomic mass is 32.1.